The monoisotopic (exact) mass is 342 g/mol. The highest BCUT2D eigenvalue weighted by Gasteiger charge is 2.27. The van der Waals surface area contributed by atoms with E-state index in [0.717, 1.165) is 48.4 Å². The van der Waals surface area contributed by atoms with E-state index in [0.29, 0.717) is 6.54 Å². The van der Waals surface area contributed by atoms with Gasteiger partial charge in [-0.3, -0.25) is 0 Å². The van der Waals surface area contributed by atoms with Gasteiger partial charge in [0, 0.05) is 18.1 Å². The van der Waals surface area contributed by atoms with Gasteiger partial charge in [0.1, 0.15) is 0 Å². The third-order valence-corrected chi connectivity index (χ3v) is 4.91. The first-order valence-electron chi connectivity index (χ1n) is 8.58. The number of likely N-dealkylation sites (tertiary alicyclic amines) is 1. The van der Waals surface area contributed by atoms with Crippen LogP contribution in [0.25, 0.3) is 0 Å². The summed E-state index contributed by atoms with van der Waals surface area (Å²) >= 11 is 6.40. The van der Waals surface area contributed by atoms with Gasteiger partial charge < -0.3 is 10.2 Å². The fraction of sp³-hybridized carbons (Fsp3) is 0.350. The Balaban J connectivity index is 1.74. The van der Waals surface area contributed by atoms with Crippen molar-refractivity contribution in [2.45, 2.75) is 38.3 Å². The zero-order chi connectivity index (χ0) is 16.8. The molecular formula is C20H23ClN2O. The summed E-state index contributed by atoms with van der Waals surface area (Å²) in [6.45, 7) is 1.32. The Morgan fingerprint density at radius 1 is 1.04 bits per heavy atom. The second-order valence-corrected chi connectivity index (χ2v) is 6.63. The number of nitrogens with one attached hydrogen (secondary N) is 1. The Labute approximate surface area is 148 Å². The van der Waals surface area contributed by atoms with E-state index < -0.39 is 0 Å². The van der Waals surface area contributed by atoms with Crippen LogP contribution in [0.5, 0.6) is 0 Å². The van der Waals surface area contributed by atoms with Gasteiger partial charge in [0.05, 0.1) is 6.04 Å². The molecule has 2 amide bonds. The number of hydrogen-bond donors (Lipinski definition) is 1. The maximum Gasteiger partial charge on any atom is 0.318 e. The smallest absolute Gasteiger partial charge is 0.318 e. The van der Waals surface area contributed by atoms with Crippen LogP contribution in [0.4, 0.5) is 4.79 Å². The summed E-state index contributed by atoms with van der Waals surface area (Å²) in [5.74, 6) is 0. The lowest BCUT2D eigenvalue weighted by Crippen LogP contribution is -2.42. The minimum absolute atomic E-state index is 0.00864. The van der Waals surface area contributed by atoms with Gasteiger partial charge in [-0.1, -0.05) is 73.0 Å². The first kappa shape index (κ1) is 16.8. The Morgan fingerprint density at radius 2 is 1.79 bits per heavy atom. The van der Waals surface area contributed by atoms with Gasteiger partial charge >= 0.3 is 6.03 Å². The number of halogens is 1. The van der Waals surface area contributed by atoms with Crippen LogP contribution in [0.3, 0.4) is 0 Å². The van der Waals surface area contributed by atoms with Crippen LogP contribution >= 0.6 is 11.6 Å². The van der Waals surface area contributed by atoms with E-state index >= 15 is 0 Å². The van der Waals surface area contributed by atoms with E-state index in [1.165, 1.54) is 0 Å². The molecule has 2 aromatic carbocycles. The van der Waals surface area contributed by atoms with E-state index in [1.54, 1.807) is 0 Å². The first-order chi connectivity index (χ1) is 11.8. The highest BCUT2D eigenvalue weighted by Crippen LogP contribution is 2.34. The summed E-state index contributed by atoms with van der Waals surface area (Å²) < 4.78 is 0. The summed E-state index contributed by atoms with van der Waals surface area (Å²) in [6, 6.07) is 17.9. The largest absolute Gasteiger partial charge is 0.334 e. The molecule has 0 saturated carbocycles. The highest BCUT2D eigenvalue weighted by molar-refractivity contribution is 6.31. The van der Waals surface area contributed by atoms with Crippen LogP contribution in [0.15, 0.2) is 54.6 Å². The third kappa shape index (κ3) is 4.09. The lowest BCUT2D eigenvalue weighted by molar-refractivity contribution is 0.175. The fourth-order valence-electron chi connectivity index (χ4n) is 3.30. The van der Waals surface area contributed by atoms with Gasteiger partial charge in [0.15, 0.2) is 0 Å². The summed E-state index contributed by atoms with van der Waals surface area (Å²) in [7, 11) is 0. The first-order valence-corrected chi connectivity index (χ1v) is 8.96. The molecule has 126 valence electrons. The van der Waals surface area contributed by atoms with Crippen molar-refractivity contribution in [2.24, 2.45) is 0 Å². The van der Waals surface area contributed by atoms with Gasteiger partial charge in [-0.05, 0) is 30.0 Å². The normalized spacial score (nSPS) is 18.0. The molecule has 0 spiro atoms. The average molecular weight is 343 g/mol. The molecule has 1 fully saturated rings. The summed E-state index contributed by atoms with van der Waals surface area (Å²) in [5.41, 5.74) is 2.16. The molecule has 0 unspecified atom stereocenters. The van der Waals surface area contributed by atoms with Gasteiger partial charge in [0.25, 0.3) is 0 Å². The Bertz CT molecular complexity index is 674. The second kappa shape index (κ2) is 8.20. The molecule has 1 heterocycles. The van der Waals surface area contributed by atoms with Crippen LogP contribution < -0.4 is 5.32 Å². The molecule has 0 aliphatic carbocycles. The SMILES string of the molecule is O=C(NCc1ccccc1)N1CCCCC[C@H]1c1ccccc1Cl. The van der Waals surface area contributed by atoms with Crippen molar-refractivity contribution in [1.29, 1.82) is 0 Å². The van der Waals surface area contributed by atoms with Crippen molar-refractivity contribution in [2.75, 3.05) is 6.54 Å². The predicted molar refractivity (Wildman–Crippen MR) is 98.0 cm³/mol. The third-order valence-electron chi connectivity index (χ3n) is 4.56. The molecule has 1 atom stereocenters. The van der Waals surface area contributed by atoms with Crippen molar-refractivity contribution in [3.63, 3.8) is 0 Å². The number of carbonyl (C=O) groups excluding carboxylic acids is 1. The van der Waals surface area contributed by atoms with E-state index in [9.17, 15) is 4.79 Å². The summed E-state index contributed by atoms with van der Waals surface area (Å²) in [5, 5.41) is 3.80. The maximum atomic E-state index is 12.8. The molecule has 0 bridgehead atoms. The van der Waals surface area contributed by atoms with Crippen LogP contribution in [0.2, 0.25) is 5.02 Å². The Morgan fingerprint density at radius 3 is 2.58 bits per heavy atom. The Kier molecular flexibility index (Phi) is 5.76. The second-order valence-electron chi connectivity index (χ2n) is 6.22. The fourth-order valence-corrected chi connectivity index (χ4v) is 3.56. The van der Waals surface area contributed by atoms with Gasteiger partial charge in [0.2, 0.25) is 0 Å². The molecule has 4 heteroatoms. The van der Waals surface area contributed by atoms with Crippen LogP contribution in [-0.2, 0) is 6.54 Å². The maximum absolute atomic E-state index is 12.8. The molecule has 1 aliphatic rings. The van der Waals surface area contributed by atoms with Gasteiger partial charge in [-0.2, -0.15) is 0 Å². The number of urea groups is 1. The molecule has 24 heavy (non-hydrogen) atoms. The van der Waals surface area contributed by atoms with Crippen molar-refractivity contribution < 1.29 is 4.79 Å². The predicted octanol–water partition coefficient (Wildman–Crippen LogP) is 5.17. The zero-order valence-electron chi connectivity index (χ0n) is 13.7. The topological polar surface area (TPSA) is 32.3 Å². The number of hydrogen-bond acceptors (Lipinski definition) is 1. The van der Waals surface area contributed by atoms with Crippen molar-refractivity contribution in [1.82, 2.24) is 10.2 Å². The number of carbonyl (C=O) groups is 1. The van der Waals surface area contributed by atoms with E-state index in [4.69, 9.17) is 11.6 Å². The quantitative estimate of drug-likeness (QED) is 0.820. The lowest BCUT2D eigenvalue weighted by atomic mass is 10.0. The minimum atomic E-state index is -0.00864. The average Bonchev–Trinajstić information content (AvgIpc) is 2.87. The van der Waals surface area contributed by atoms with Crippen LogP contribution in [0.1, 0.15) is 42.9 Å². The van der Waals surface area contributed by atoms with E-state index in [1.807, 2.05) is 59.5 Å². The van der Waals surface area contributed by atoms with Crippen LogP contribution in [-0.4, -0.2) is 17.5 Å². The van der Waals surface area contributed by atoms with E-state index in [-0.39, 0.29) is 12.1 Å². The summed E-state index contributed by atoms with van der Waals surface area (Å²) in [4.78, 5) is 14.7. The number of nitrogens with zero attached hydrogens (tertiary/aromatic N) is 1. The minimum Gasteiger partial charge on any atom is -0.334 e. The molecule has 1 N–H and O–H groups in total. The van der Waals surface area contributed by atoms with Crippen LogP contribution in [0, 0.1) is 0 Å². The Hall–Kier alpha value is -2.00. The van der Waals surface area contributed by atoms with Crippen molar-refractivity contribution in [3.05, 3.63) is 70.7 Å². The van der Waals surface area contributed by atoms with Crippen molar-refractivity contribution in [3.8, 4) is 0 Å². The molecule has 0 radical (unpaired) electrons. The molecule has 0 aromatic heterocycles. The number of benzene rings is 2. The van der Waals surface area contributed by atoms with Gasteiger partial charge in [-0.15, -0.1) is 0 Å². The van der Waals surface area contributed by atoms with E-state index in [2.05, 4.69) is 5.32 Å². The molecule has 1 aliphatic heterocycles. The standard InChI is InChI=1S/C20H23ClN2O/c21-18-12-7-6-11-17(18)19-13-5-2-8-14-23(19)20(24)22-15-16-9-3-1-4-10-16/h1,3-4,6-7,9-12,19H,2,5,8,13-15H2,(H,22,24)/t19-/m0/s1. The molecule has 2 aromatic rings. The number of amides is 2. The molecule has 3 nitrogen and oxygen atoms in total. The molecular weight excluding hydrogens is 320 g/mol. The zero-order valence-corrected chi connectivity index (χ0v) is 14.5. The lowest BCUT2D eigenvalue weighted by Gasteiger charge is -2.31. The molecule has 1 saturated heterocycles. The number of rotatable bonds is 3. The van der Waals surface area contributed by atoms with Crippen molar-refractivity contribution >= 4 is 17.6 Å². The van der Waals surface area contributed by atoms with Gasteiger partial charge in [-0.25, -0.2) is 4.79 Å². The molecule has 3 rings (SSSR count). The highest BCUT2D eigenvalue weighted by atomic mass is 35.5. The summed E-state index contributed by atoms with van der Waals surface area (Å²) in [6.07, 6.45) is 4.28.